The zero-order chi connectivity index (χ0) is 20.9. The number of rotatable bonds is 4. The topological polar surface area (TPSA) is 63.1 Å². The molecule has 1 saturated heterocycles. The lowest BCUT2D eigenvalue weighted by Gasteiger charge is -2.32. The molecule has 1 aliphatic heterocycles. The fourth-order valence-corrected chi connectivity index (χ4v) is 3.39. The molecular formula is C23H30N3O3+. The van der Waals surface area contributed by atoms with Gasteiger partial charge in [0.1, 0.15) is 12.1 Å². The molecule has 6 heteroatoms. The summed E-state index contributed by atoms with van der Waals surface area (Å²) >= 11 is 0. The van der Waals surface area contributed by atoms with Crippen molar-refractivity contribution in [2.24, 2.45) is 0 Å². The van der Waals surface area contributed by atoms with Crippen LogP contribution in [0.2, 0.25) is 0 Å². The van der Waals surface area contributed by atoms with Gasteiger partial charge < -0.3 is 14.5 Å². The third-order valence-electron chi connectivity index (χ3n) is 4.83. The number of nitrogens with one attached hydrogen (secondary N) is 2. The van der Waals surface area contributed by atoms with Crippen LogP contribution in [0.3, 0.4) is 0 Å². The predicted molar refractivity (Wildman–Crippen MR) is 113 cm³/mol. The van der Waals surface area contributed by atoms with Gasteiger partial charge in [-0.15, -0.1) is 0 Å². The number of carbonyl (C=O) groups excluding carboxylic acids is 2. The number of anilines is 1. The number of carbonyl (C=O) groups is 2. The van der Waals surface area contributed by atoms with Crippen LogP contribution < -0.4 is 10.2 Å². The van der Waals surface area contributed by atoms with Gasteiger partial charge in [0.15, 0.2) is 0 Å². The second kappa shape index (κ2) is 9.09. The minimum absolute atomic E-state index is 0.0348. The number of hydrogen-bond acceptors (Lipinski definition) is 3. The Hall–Kier alpha value is -2.86. The molecule has 1 heterocycles. The second-order valence-corrected chi connectivity index (χ2v) is 8.41. The Bertz CT molecular complexity index is 821. The fraction of sp³-hybridized carbons (Fsp3) is 0.391. The van der Waals surface area contributed by atoms with Crippen molar-refractivity contribution >= 4 is 17.7 Å². The van der Waals surface area contributed by atoms with Crippen molar-refractivity contribution in [1.82, 2.24) is 4.90 Å². The molecule has 3 rings (SSSR count). The molecular weight excluding hydrogens is 366 g/mol. The van der Waals surface area contributed by atoms with Gasteiger partial charge >= 0.3 is 6.09 Å². The van der Waals surface area contributed by atoms with E-state index >= 15 is 0 Å². The van der Waals surface area contributed by atoms with Gasteiger partial charge in [0.25, 0.3) is 5.91 Å². The van der Waals surface area contributed by atoms with Crippen LogP contribution in [0.1, 0.15) is 36.7 Å². The molecule has 6 nitrogen and oxygen atoms in total. The molecule has 2 aromatic carbocycles. The van der Waals surface area contributed by atoms with E-state index in [9.17, 15) is 9.59 Å². The monoisotopic (exact) mass is 396 g/mol. The van der Waals surface area contributed by atoms with Gasteiger partial charge in [-0.3, -0.25) is 10.1 Å². The van der Waals surface area contributed by atoms with Crippen LogP contribution in [-0.2, 0) is 11.3 Å². The maximum absolute atomic E-state index is 12.8. The van der Waals surface area contributed by atoms with Gasteiger partial charge in [-0.1, -0.05) is 30.3 Å². The lowest BCUT2D eigenvalue weighted by molar-refractivity contribution is -0.917. The normalized spacial score (nSPS) is 15.1. The summed E-state index contributed by atoms with van der Waals surface area (Å²) in [6.45, 7) is 9.82. The highest BCUT2D eigenvalue weighted by Gasteiger charge is 2.24. The Morgan fingerprint density at radius 3 is 2.21 bits per heavy atom. The van der Waals surface area contributed by atoms with Gasteiger partial charge in [-0.05, 0) is 45.0 Å². The van der Waals surface area contributed by atoms with Crippen molar-refractivity contribution < 1.29 is 19.2 Å². The predicted octanol–water partition coefficient (Wildman–Crippen LogP) is 2.57. The average molecular weight is 397 g/mol. The summed E-state index contributed by atoms with van der Waals surface area (Å²) in [5.41, 5.74) is 2.01. The van der Waals surface area contributed by atoms with Crippen molar-refractivity contribution in [2.75, 3.05) is 31.5 Å². The largest absolute Gasteiger partial charge is 0.444 e. The molecule has 2 aromatic rings. The highest BCUT2D eigenvalue weighted by atomic mass is 16.6. The zero-order valence-corrected chi connectivity index (χ0v) is 17.4. The van der Waals surface area contributed by atoms with Crippen molar-refractivity contribution in [2.45, 2.75) is 32.9 Å². The van der Waals surface area contributed by atoms with E-state index in [2.05, 4.69) is 29.6 Å². The van der Waals surface area contributed by atoms with Gasteiger partial charge in [0, 0.05) is 16.8 Å². The van der Waals surface area contributed by atoms with Gasteiger partial charge in [0.05, 0.1) is 26.2 Å². The minimum atomic E-state index is -0.551. The molecule has 154 valence electrons. The molecule has 1 fully saturated rings. The maximum atomic E-state index is 12.8. The average Bonchev–Trinajstić information content (AvgIpc) is 2.68. The van der Waals surface area contributed by atoms with Crippen molar-refractivity contribution in [1.29, 1.82) is 0 Å². The zero-order valence-electron chi connectivity index (χ0n) is 17.4. The standard InChI is InChI=1S/C23H29N3O3/c1-23(2,3)29-22(28)24-20-11-9-19(10-12-20)21(27)26-15-13-25(14-16-26)17-18-7-5-4-6-8-18/h4-12H,13-17H2,1-3H3,(H,24,28)/p+1. The molecule has 0 saturated carbocycles. The summed E-state index contributed by atoms with van der Waals surface area (Å²) < 4.78 is 5.24. The number of hydrogen-bond donors (Lipinski definition) is 2. The van der Waals surface area contributed by atoms with Crippen LogP contribution in [0, 0.1) is 0 Å². The number of ether oxygens (including phenoxy) is 1. The van der Waals surface area contributed by atoms with E-state index in [1.165, 1.54) is 10.5 Å². The van der Waals surface area contributed by atoms with E-state index in [0.29, 0.717) is 11.3 Å². The molecule has 0 bridgehead atoms. The van der Waals surface area contributed by atoms with Crippen LogP contribution in [0.15, 0.2) is 54.6 Å². The molecule has 2 N–H and O–H groups in total. The highest BCUT2D eigenvalue weighted by molar-refractivity contribution is 5.95. The van der Waals surface area contributed by atoms with Crippen LogP contribution in [0.25, 0.3) is 0 Å². The van der Waals surface area contributed by atoms with E-state index in [1.54, 1.807) is 24.3 Å². The van der Waals surface area contributed by atoms with E-state index in [0.717, 1.165) is 32.7 Å². The molecule has 1 aliphatic rings. The van der Waals surface area contributed by atoms with Crippen LogP contribution in [0.4, 0.5) is 10.5 Å². The first-order chi connectivity index (χ1) is 13.8. The molecule has 0 radical (unpaired) electrons. The Labute approximate surface area is 172 Å². The second-order valence-electron chi connectivity index (χ2n) is 8.41. The molecule has 2 amide bonds. The maximum Gasteiger partial charge on any atom is 0.412 e. The summed E-state index contributed by atoms with van der Waals surface area (Å²) in [6.07, 6.45) is -0.505. The number of piperazine rings is 1. The van der Waals surface area contributed by atoms with Crippen LogP contribution >= 0.6 is 0 Å². The summed E-state index contributed by atoms with van der Waals surface area (Å²) in [5, 5.41) is 2.68. The van der Waals surface area contributed by atoms with E-state index in [4.69, 9.17) is 4.74 Å². The Morgan fingerprint density at radius 2 is 1.62 bits per heavy atom. The number of quaternary nitrogens is 1. The SMILES string of the molecule is CC(C)(C)OC(=O)Nc1ccc(C(=O)N2CC[NH+](Cc3ccccc3)CC2)cc1. The summed E-state index contributed by atoms with van der Waals surface area (Å²) in [7, 11) is 0. The first-order valence-corrected chi connectivity index (χ1v) is 10.1. The third kappa shape index (κ3) is 6.32. The number of amides is 2. The minimum Gasteiger partial charge on any atom is -0.444 e. The molecule has 29 heavy (non-hydrogen) atoms. The van der Waals surface area contributed by atoms with Crippen molar-refractivity contribution in [3.05, 3.63) is 65.7 Å². The molecule has 0 aliphatic carbocycles. The highest BCUT2D eigenvalue weighted by Crippen LogP contribution is 2.14. The van der Waals surface area contributed by atoms with Gasteiger partial charge in [0.2, 0.25) is 0 Å². The Balaban J connectivity index is 1.50. The summed E-state index contributed by atoms with van der Waals surface area (Å²) in [6, 6.07) is 17.4. The van der Waals surface area contributed by atoms with Crippen molar-refractivity contribution in [3.8, 4) is 0 Å². The van der Waals surface area contributed by atoms with Crippen molar-refractivity contribution in [3.63, 3.8) is 0 Å². The molecule has 0 unspecified atom stereocenters. The summed E-state index contributed by atoms with van der Waals surface area (Å²) in [5.74, 6) is 0.0348. The Kier molecular flexibility index (Phi) is 6.54. The first-order valence-electron chi connectivity index (χ1n) is 10.1. The molecule has 0 atom stereocenters. The lowest BCUT2D eigenvalue weighted by Crippen LogP contribution is -3.13. The summed E-state index contributed by atoms with van der Waals surface area (Å²) in [4.78, 5) is 28.0. The fourth-order valence-electron chi connectivity index (χ4n) is 3.39. The van der Waals surface area contributed by atoms with E-state index in [-0.39, 0.29) is 5.91 Å². The Morgan fingerprint density at radius 1 is 1.00 bits per heavy atom. The quantitative estimate of drug-likeness (QED) is 0.835. The van der Waals surface area contributed by atoms with Gasteiger partial charge in [-0.2, -0.15) is 0 Å². The van der Waals surface area contributed by atoms with E-state index < -0.39 is 11.7 Å². The van der Waals surface area contributed by atoms with E-state index in [1.807, 2.05) is 31.7 Å². The smallest absolute Gasteiger partial charge is 0.412 e. The van der Waals surface area contributed by atoms with Gasteiger partial charge in [-0.25, -0.2) is 4.79 Å². The number of nitrogens with zero attached hydrogens (tertiary/aromatic N) is 1. The third-order valence-corrected chi connectivity index (χ3v) is 4.83. The van der Waals surface area contributed by atoms with Crippen LogP contribution in [-0.4, -0.2) is 48.7 Å². The molecule has 0 spiro atoms. The molecule has 0 aromatic heterocycles. The lowest BCUT2D eigenvalue weighted by atomic mass is 10.1. The van der Waals surface area contributed by atoms with Crippen LogP contribution in [0.5, 0.6) is 0 Å². The number of benzene rings is 2. The first kappa shape index (κ1) is 20.9.